The first kappa shape index (κ1) is 23.6. The Labute approximate surface area is 172 Å². The summed E-state index contributed by atoms with van der Waals surface area (Å²) >= 11 is 0. The summed E-state index contributed by atoms with van der Waals surface area (Å²) in [6.45, 7) is 2.09. The van der Waals surface area contributed by atoms with Crippen molar-refractivity contribution in [2.75, 3.05) is 0 Å². The second kappa shape index (κ2) is 6.98. The Balaban J connectivity index is 1.83. The molecule has 0 saturated heterocycles. The minimum atomic E-state index is -10.4. The summed E-state index contributed by atoms with van der Waals surface area (Å²) in [7, 11) is -10.4. The Morgan fingerprint density at radius 3 is 1.97 bits per heavy atom. The molecule has 0 N–H and O–H groups in total. The highest BCUT2D eigenvalue weighted by atomic mass is 32.5. The van der Waals surface area contributed by atoms with Gasteiger partial charge in [0.2, 0.25) is 0 Å². The maximum Gasteiger partial charge on any atom is 0.429 e. The van der Waals surface area contributed by atoms with E-state index >= 15 is 0 Å². The molecule has 1 aliphatic carbocycles. The van der Waals surface area contributed by atoms with Crippen LogP contribution in [0.1, 0.15) is 49.7 Å². The molecule has 0 radical (unpaired) electrons. The summed E-state index contributed by atoms with van der Waals surface area (Å²) in [5.41, 5.74) is -0.673. The summed E-state index contributed by atoms with van der Waals surface area (Å²) in [6, 6.07) is 2.56. The first-order valence-electron chi connectivity index (χ1n) is 9.36. The highest BCUT2D eigenvalue weighted by molar-refractivity contribution is 8.45. The third-order valence-corrected chi connectivity index (χ3v) is 6.52. The molecule has 0 aliphatic heterocycles. The summed E-state index contributed by atoms with van der Waals surface area (Å²) in [6.07, 6.45) is -0.969. The standard InChI is InChI=1S/C20H19F9OS/c1-12-2-4-13(5-3-12)14-6-8-16(17(21)10-14)20(23,24)30-15-7-9-19(18(22)11-15)31(25,26,27,28)29/h6-13H,2-5H2,1H3. The molecule has 2 aromatic carbocycles. The lowest BCUT2D eigenvalue weighted by Crippen LogP contribution is -2.24. The highest BCUT2D eigenvalue weighted by Gasteiger charge is 2.67. The summed E-state index contributed by atoms with van der Waals surface area (Å²) in [5, 5.41) is 0. The van der Waals surface area contributed by atoms with Gasteiger partial charge in [-0.25, -0.2) is 8.78 Å². The van der Waals surface area contributed by atoms with E-state index in [-0.39, 0.29) is 24.1 Å². The van der Waals surface area contributed by atoms with Gasteiger partial charge in [-0.3, -0.25) is 0 Å². The minimum Gasteiger partial charge on any atom is -0.429 e. The molecule has 3 rings (SSSR count). The number of alkyl halides is 2. The number of benzene rings is 2. The van der Waals surface area contributed by atoms with Gasteiger partial charge in [0.15, 0.2) is 0 Å². The van der Waals surface area contributed by atoms with E-state index in [0.717, 1.165) is 37.8 Å². The van der Waals surface area contributed by atoms with Crippen molar-refractivity contribution in [1.29, 1.82) is 0 Å². The third kappa shape index (κ3) is 5.42. The van der Waals surface area contributed by atoms with Crippen LogP contribution in [0.25, 0.3) is 0 Å². The Kier molecular flexibility index (Phi) is 5.32. The largest absolute Gasteiger partial charge is 0.429 e. The first-order chi connectivity index (χ1) is 14.0. The van der Waals surface area contributed by atoms with Gasteiger partial charge in [0.1, 0.15) is 22.3 Å². The number of ether oxygens (including phenoxy) is 1. The van der Waals surface area contributed by atoms with E-state index in [9.17, 15) is 37.0 Å². The molecule has 2 aromatic rings. The van der Waals surface area contributed by atoms with Crippen LogP contribution in [0.4, 0.5) is 37.0 Å². The Hall–Kier alpha value is -2.04. The van der Waals surface area contributed by atoms with Crippen molar-refractivity contribution >= 4 is 10.2 Å². The molecular weight excluding hydrogens is 459 g/mol. The number of rotatable bonds is 5. The summed E-state index contributed by atoms with van der Waals surface area (Å²) in [4.78, 5) is -2.85. The van der Waals surface area contributed by atoms with Gasteiger partial charge in [0.25, 0.3) is 0 Å². The van der Waals surface area contributed by atoms with E-state index in [4.69, 9.17) is 0 Å². The zero-order valence-electron chi connectivity index (χ0n) is 16.2. The average molecular weight is 478 g/mol. The maximum atomic E-state index is 14.4. The number of hydrogen-bond donors (Lipinski definition) is 0. The van der Waals surface area contributed by atoms with Crippen LogP contribution in [0.15, 0.2) is 41.3 Å². The fourth-order valence-electron chi connectivity index (χ4n) is 3.68. The predicted octanol–water partition coefficient (Wildman–Crippen LogP) is 9.04. The fraction of sp³-hybridized carbons (Fsp3) is 0.400. The van der Waals surface area contributed by atoms with E-state index < -0.39 is 44.2 Å². The van der Waals surface area contributed by atoms with Crippen molar-refractivity contribution in [3.63, 3.8) is 0 Å². The quantitative estimate of drug-likeness (QED) is 0.390. The van der Waals surface area contributed by atoms with E-state index in [0.29, 0.717) is 11.5 Å². The van der Waals surface area contributed by atoms with E-state index in [1.165, 1.54) is 6.07 Å². The Morgan fingerprint density at radius 2 is 1.45 bits per heavy atom. The highest BCUT2D eigenvalue weighted by Crippen LogP contribution is 3.02. The molecule has 0 unspecified atom stereocenters. The van der Waals surface area contributed by atoms with Crippen molar-refractivity contribution in [3.05, 3.63) is 59.2 Å². The summed E-state index contributed by atoms with van der Waals surface area (Å²) in [5.74, 6) is -4.40. The molecule has 1 aliphatic rings. The van der Waals surface area contributed by atoms with E-state index in [1.807, 2.05) is 0 Å². The van der Waals surface area contributed by atoms with Crippen molar-refractivity contribution in [2.24, 2.45) is 5.92 Å². The van der Waals surface area contributed by atoms with Crippen molar-refractivity contribution in [1.82, 2.24) is 0 Å². The minimum absolute atomic E-state index is 0.0166. The molecule has 0 atom stereocenters. The molecule has 1 saturated carbocycles. The average Bonchev–Trinajstić information content (AvgIpc) is 2.59. The fourth-order valence-corrected chi connectivity index (χ4v) is 4.43. The molecule has 0 heterocycles. The van der Waals surface area contributed by atoms with Crippen molar-refractivity contribution < 1.29 is 41.7 Å². The molecule has 174 valence electrons. The summed E-state index contributed by atoms with van der Waals surface area (Å²) < 4.78 is 125. The lowest BCUT2D eigenvalue weighted by Gasteiger charge is -2.40. The SMILES string of the molecule is CC1CCC(c2ccc(C(F)(F)Oc3ccc(S(F)(F)(F)(F)F)c(F)c3)c(F)c2)CC1. The lowest BCUT2D eigenvalue weighted by molar-refractivity contribution is -0.187. The number of halogens is 9. The second-order valence-corrected chi connectivity index (χ2v) is 10.3. The van der Waals surface area contributed by atoms with Crippen LogP contribution in [0.3, 0.4) is 0 Å². The normalized spacial score (nSPS) is 22.5. The van der Waals surface area contributed by atoms with Gasteiger partial charge < -0.3 is 4.74 Å². The molecule has 1 fully saturated rings. The van der Waals surface area contributed by atoms with Crippen LogP contribution in [0.5, 0.6) is 5.75 Å². The van der Waals surface area contributed by atoms with Crippen LogP contribution in [-0.4, -0.2) is 0 Å². The Morgan fingerprint density at radius 1 is 0.839 bits per heavy atom. The smallest absolute Gasteiger partial charge is 0.429 e. The van der Waals surface area contributed by atoms with Crippen molar-refractivity contribution in [3.8, 4) is 5.75 Å². The zero-order chi connectivity index (χ0) is 23.3. The molecule has 0 spiro atoms. The number of hydrogen-bond acceptors (Lipinski definition) is 1. The second-order valence-electron chi connectivity index (χ2n) is 7.88. The third-order valence-electron chi connectivity index (χ3n) is 5.36. The maximum absolute atomic E-state index is 14.4. The van der Waals surface area contributed by atoms with Crippen LogP contribution in [0, 0.1) is 17.6 Å². The van der Waals surface area contributed by atoms with Gasteiger partial charge in [0, 0.05) is 6.07 Å². The van der Waals surface area contributed by atoms with Crippen LogP contribution >= 0.6 is 10.2 Å². The molecule has 0 bridgehead atoms. The molecular formula is C20H19F9OS. The van der Waals surface area contributed by atoms with Gasteiger partial charge >= 0.3 is 16.3 Å². The van der Waals surface area contributed by atoms with Gasteiger partial charge in [0.05, 0.1) is 5.56 Å². The van der Waals surface area contributed by atoms with Crippen LogP contribution in [-0.2, 0) is 6.11 Å². The Bertz CT molecular complexity index is 981. The predicted molar refractivity (Wildman–Crippen MR) is 99.1 cm³/mol. The van der Waals surface area contributed by atoms with E-state index in [2.05, 4.69) is 11.7 Å². The van der Waals surface area contributed by atoms with Gasteiger partial charge in [-0.15, -0.1) is 0 Å². The van der Waals surface area contributed by atoms with Crippen LogP contribution in [0.2, 0.25) is 0 Å². The van der Waals surface area contributed by atoms with Crippen molar-refractivity contribution in [2.45, 2.75) is 49.5 Å². The van der Waals surface area contributed by atoms with E-state index in [1.54, 1.807) is 0 Å². The molecule has 31 heavy (non-hydrogen) atoms. The van der Waals surface area contributed by atoms with Gasteiger partial charge in [-0.05, 0) is 54.5 Å². The monoisotopic (exact) mass is 478 g/mol. The molecule has 0 amide bonds. The first-order valence-corrected chi connectivity index (χ1v) is 11.3. The molecule has 0 aromatic heterocycles. The zero-order valence-corrected chi connectivity index (χ0v) is 17.0. The van der Waals surface area contributed by atoms with Crippen LogP contribution < -0.4 is 4.74 Å². The molecule has 1 nitrogen and oxygen atoms in total. The lowest BCUT2D eigenvalue weighted by atomic mass is 9.79. The van der Waals surface area contributed by atoms with Gasteiger partial charge in [-0.2, -0.15) is 8.78 Å². The topological polar surface area (TPSA) is 9.23 Å². The molecule has 11 heteroatoms. The van der Waals surface area contributed by atoms with Gasteiger partial charge in [-0.1, -0.05) is 45.3 Å².